The monoisotopic (exact) mass is 527 g/mol. The fraction of sp³-hybridized carbons (Fsp3) is 0.517. The van der Waals surface area contributed by atoms with E-state index in [9.17, 15) is 14.7 Å². The van der Waals surface area contributed by atoms with Crippen LogP contribution < -0.4 is 9.47 Å². The number of halogens is 1. The third-order valence-electron chi connectivity index (χ3n) is 8.52. The van der Waals surface area contributed by atoms with Gasteiger partial charge in [-0.1, -0.05) is 35.9 Å². The van der Waals surface area contributed by atoms with Crippen molar-refractivity contribution in [2.24, 2.45) is 11.3 Å². The normalized spacial score (nSPS) is 25.9. The molecular formula is C29H34ClNO6. The van der Waals surface area contributed by atoms with E-state index in [1.54, 1.807) is 7.11 Å². The van der Waals surface area contributed by atoms with Crippen LogP contribution >= 0.6 is 11.6 Å². The van der Waals surface area contributed by atoms with Gasteiger partial charge < -0.3 is 24.2 Å². The van der Waals surface area contributed by atoms with Crippen LogP contribution in [0.2, 0.25) is 5.02 Å². The molecule has 3 atom stereocenters. The highest BCUT2D eigenvalue weighted by Gasteiger charge is 2.59. The molecule has 8 heteroatoms. The average molecular weight is 528 g/mol. The Kier molecular flexibility index (Phi) is 6.44. The summed E-state index contributed by atoms with van der Waals surface area (Å²) in [6, 6.07) is 13.2. The van der Waals surface area contributed by atoms with E-state index in [0.29, 0.717) is 42.6 Å². The van der Waals surface area contributed by atoms with Gasteiger partial charge in [-0.25, -0.2) is 0 Å². The molecule has 2 aromatic rings. The number of ether oxygens (including phenoxy) is 3. The van der Waals surface area contributed by atoms with Crippen LogP contribution in [-0.4, -0.2) is 54.3 Å². The van der Waals surface area contributed by atoms with Crippen molar-refractivity contribution < 1.29 is 28.9 Å². The molecule has 2 aromatic carbocycles. The lowest BCUT2D eigenvalue weighted by Gasteiger charge is -2.59. The number of carbonyl (C=O) groups excluding carboxylic acids is 1. The Hall–Kier alpha value is -2.77. The molecule has 0 aliphatic carbocycles. The first-order chi connectivity index (χ1) is 17.5. The summed E-state index contributed by atoms with van der Waals surface area (Å²) in [6.07, 6.45) is 0.915. The number of fused-ring (bicyclic) bond motifs is 3. The largest absolute Gasteiger partial charge is 0.493 e. The molecule has 5 rings (SSSR count). The second-order valence-electron chi connectivity index (χ2n) is 11.5. The van der Waals surface area contributed by atoms with Gasteiger partial charge in [0.25, 0.3) is 0 Å². The van der Waals surface area contributed by atoms with E-state index in [0.717, 1.165) is 17.5 Å². The van der Waals surface area contributed by atoms with Crippen molar-refractivity contribution in [2.75, 3.05) is 26.8 Å². The number of amides is 1. The van der Waals surface area contributed by atoms with Crippen molar-refractivity contribution >= 4 is 23.5 Å². The van der Waals surface area contributed by atoms with Gasteiger partial charge in [0.15, 0.2) is 11.5 Å². The number of likely N-dealkylation sites (tertiary alicyclic amines) is 1. The lowest BCUT2D eigenvalue weighted by molar-refractivity contribution is -0.207. The number of aliphatic carboxylic acids is 1. The second-order valence-corrected chi connectivity index (χ2v) is 12.0. The summed E-state index contributed by atoms with van der Waals surface area (Å²) in [5.41, 5.74) is 0.254. The fourth-order valence-corrected chi connectivity index (χ4v) is 6.42. The molecule has 2 fully saturated rings. The maximum absolute atomic E-state index is 13.5. The van der Waals surface area contributed by atoms with E-state index in [1.807, 2.05) is 68.1 Å². The molecule has 37 heavy (non-hydrogen) atoms. The van der Waals surface area contributed by atoms with Gasteiger partial charge in [-0.2, -0.15) is 0 Å². The van der Waals surface area contributed by atoms with Crippen LogP contribution in [0.5, 0.6) is 11.5 Å². The van der Waals surface area contributed by atoms with Gasteiger partial charge >= 0.3 is 5.97 Å². The van der Waals surface area contributed by atoms with Gasteiger partial charge in [-0.15, -0.1) is 0 Å². The van der Waals surface area contributed by atoms with Crippen LogP contribution in [0, 0.1) is 11.3 Å². The van der Waals surface area contributed by atoms with Crippen LogP contribution in [-0.2, 0) is 19.7 Å². The zero-order valence-corrected chi connectivity index (χ0v) is 22.5. The summed E-state index contributed by atoms with van der Waals surface area (Å²) in [5.74, 6) is 0.410. The maximum Gasteiger partial charge on any atom is 0.303 e. The van der Waals surface area contributed by atoms with Crippen LogP contribution in [0.1, 0.15) is 57.3 Å². The number of benzene rings is 2. The highest BCUT2D eigenvalue weighted by Crippen LogP contribution is 2.58. The molecule has 3 aliphatic rings. The van der Waals surface area contributed by atoms with Crippen molar-refractivity contribution in [1.82, 2.24) is 4.90 Å². The van der Waals surface area contributed by atoms with E-state index in [4.69, 9.17) is 25.8 Å². The summed E-state index contributed by atoms with van der Waals surface area (Å²) in [4.78, 5) is 26.9. The fourth-order valence-electron chi connectivity index (χ4n) is 6.30. The lowest BCUT2D eigenvalue weighted by atomic mass is 9.63. The van der Waals surface area contributed by atoms with Crippen molar-refractivity contribution in [1.29, 1.82) is 0 Å². The van der Waals surface area contributed by atoms with Gasteiger partial charge in [-0.3, -0.25) is 9.59 Å². The molecule has 198 valence electrons. The van der Waals surface area contributed by atoms with Gasteiger partial charge in [0.05, 0.1) is 25.2 Å². The van der Waals surface area contributed by atoms with Crippen molar-refractivity contribution in [2.45, 2.75) is 57.2 Å². The second kappa shape index (κ2) is 9.21. The average Bonchev–Trinajstić information content (AvgIpc) is 2.85. The number of methoxy groups -OCH3 is 1. The molecule has 0 aromatic heterocycles. The molecule has 1 amide bonds. The van der Waals surface area contributed by atoms with E-state index >= 15 is 0 Å². The zero-order chi connectivity index (χ0) is 26.6. The van der Waals surface area contributed by atoms with Crippen LogP contribution in [0.25, 0.3) is 0 Å². The Balaban J connectivity index is 1.37. The van der Waals surface area contributed by atoms with Crippen LogP contribution in [0.3, 0.4) is 0 Å². The number of hydrogen-bond acceptors (Lipinski definition) is 5. The Bertz CT molecular complexity index is 1210. The summed E-state index contributed by atoms with van der Waals surface area (Å²) in [7, 11) is 1.60. The van der Waals surface area contributed by atoms with Gasteiger partial charge in [0.1, 0.15) is 5.60 Å². The third kappa shape index (κ3) is 4.46. The molecule has 0 saturated carbocycles. The van der Waals surface area contributed by atoms with Crippen LogP contribution in [0.15, 0.2) is 42.5 Å². The Morgan fingerprint density at radius 2 is 1.89 bits per heavy atom. The van der Waals surface area contributed by atoms with Crippen molar-refractivity contribution in [3.63, 3.8) is 0 Å². The van der Waals surface area contributed by atoms with Crippen LogP contribution in [0.4, 0.5) is 0 Å². The SMILES string of the molecule is COc1cccc2c1O[C@@](C)(CCC(=O)O)[C@@H]1CC3(CO[C@@H]21)CN(C(=O)C(C)(C)c1ccc(Cl)cc1)C3. The Labute approximate surface area is 222 Å². The lowest BCUT2D eigenvalue weighted by Crippen LogP contribution is -2.67. The number of hydrogen-bond donors (Lipinski definition) is 1. The first kappa shape index (κ1) is 25.9. The Morgan fingerprint density at radius 1 is 1.19 bits per heavy atom. The first-order valence-electron chi connectivity index (χ1n) is 12.7. The molecule has 1 N–H and O–H groups in total. The molecule has 3 heterocycles. The predicted molar refractivity (Wildman–Crippen MR) is 139 cm³/mol. The van der Waals surface area contributed by atoms with E-state index in [1.165, 1.54) is 0 Å². The molecular weight excluding hydrogens is 494 g/mol. The zero-order valence-electron chi connectivity index (χ0n) is 21.8. The number of carboxylic acids is 1. The Morgan fingerprint density at radius 3 is 2.54 bits per heavy atom. The standard InChI is InChI=1S/C29H34ClNO6/c1-27(2,18-8-10-19(30)11-9-18)26(34)31-15-29(16-31)14-21-24(36-17-29)20-6-5-7-22(35-4)25(20)37-28(21,3)13-12-23(32)33/h5-11,21,24H,12-17H2,1-4H3,(H,32,33)/t21-,24+,28+/m1/s1. The quantitative estimate of drug-likeness (QED) is 0.552. The third-order valence-corrected chi connectivity index (χ3v) is 8.77. The number of carbonyl (C=O) groups is 2. The molecule has 0 bridgehead atoms. The molecule has 2 saturated heterocycles. The van der Waals surface area contributed by atoms with Gasteiger partial charge in [0, 0.05) is 41.4 Å². The summed E-state index contributed by atoms with van der Waals surface area (Å²) < 4.78 is 18.7. The molecule has 7 nitrogen and oxygen atoms in total. The summed E-state index contributed by atoms with van der Waals surface area (Å²) in [6.45, 7) is 7.61. The first-order valence-corrected chi connectivity index (χ1v) is 13.1. The van der Waals surface area contributed by atoms with E-state index < -0.39 is 17.0 Å². The van der Waals surface area contributed by atoms with Gasteiger partial charge in [0.2, 0.25) is 5.91 Å². The van der Waals surface area contributed by atoms with Crippen molar-refractivity contribution in [3.8, 4) is 11.5 Å². The number of carboxylic acid groups (broad SMARTS) is 1. The maximum atomic E-state index is 13.5. The van der Waals surface area contributed by atoms with Gasteiger partial charge in [-0.05, 0) is 57.4 Å². The molecule has 1 spiro atoms. The molecule has 3 aliphatic heterocycles. The predicted octanol–water partition coefficient (Wildman–Crippen LogP) is 5.25. The van der Waals surface area contributed by atoms with Crippen molar-refractivity contribution in [3.05, 3.63) is 58.6 Å². The highest BCUT2D eigenvalue weighted by atomic mass is 35.5. The number of rotatable bonds is 6. The molecule has 0 radical (unpaired) electrons. The minimum absolute atomic E-state index is 0.00288. The highest BCUT2D eigenvalue weighted by molar-refractivity contribution is 6.30. The minimum Gasteiger partial charge on any atom is -0.493 e. The number of para-hydroxylation sites is 1. The number of nitrogens with zero attached hydrogens (tertiary/aromatic N) is 1. The summed E-state index contributed by atoms with van der Waals surface area (Å²) in [5, 5.41) is 10.1. The smallest absolute Gasteiger partial charge is 0.303 e. The van der Waals surface area contributed by atoms with E-state index in [-0.39, 0.29) is 29.8 Å². The molecule has 0 unspecified atom stereocenters. The topological polar surface area (TPSA) is 85.3 Å². The summed E-state index contributed by atoms with van der Waals surface area (Å²) >= 11 is 6.05. The minimum atomic E-state index is -0.858. The van der Waals surface area contributed by atoms with E-state index in [2.05, 4.69) is 0 Å².